The summed E-state index contributed by atoms with van der Waals surface area (Å²) >= 11 is 0. The van der Waals surface area contributed by atoms with Gasteiger partial charge in [-0.1, -0.05) is 33.1 Å². The number of unbranched alkanes of at least 4 members (excludes halogenated alkanes) is 3. The number of benzene rings is 1. The molecule has 0 aliphatic heterocycles. The lowest BCUT2D eigenvalue weighted by atomic mass is 10.2. The van der Waals surface area contributed by atoms with Gasteiger partial charge >= 0.3 is 0 Å². The molecule has 1 rings (SSSR count). The van der Waals surface area contributed by atoms with E-state index in [-0.39, 0.29) is 0 Å². The monoisotopic (exact) mass is 249 g/mol. The SMILES string of the molecule is [CH2]CCCOc1cc(C)cc(OCCCCC)c1. The van der Waals surface area contributed by atoms with Gasteiger partial charge in [-0.05, 0) is 37.5 Å². The first-order chi connectivity index (χ1) is 8.76. The van der Waals surface area contributed by atoms with Gasteiger partial charge in [-0.25, -0.2) is 0 Å². The molecule has 0 aromatic heterocycles. The smallest absolute Gasteiger partial charge is 0.123 e. The fourth-order valence-electron chi connectivity index (χ4n) is 1.71. The second kappa shape index (κ2) is 8.84. The zero-order chi connectivity index (χ0) is 13.2. The number of hydrogen-bond acceptors (Lipinski definition) is 2. The molecule has 0 N–H and O–H groups in total. The van der Waals surface area contributed by atoms with E-state index >= 15 is 0 Å². The summed E-state index contributed by atoms with van der Waals surface area (Å²) in [6.07, 6.45) is 5.45. The first-order valence-corrected chi connectivity index (χ1v) is 6.92. The molecule has 0 amide bonds. The van der Waals surface area contributed by atoms with Gasteiger partial charge in [0.15, 0.2) is 0 Å². The van der Waals surface area contributed by atoms with Gasteiger partial charge in [0.2, 0.25) is 0 Å². The Morgan fingerprint density at radius 1 is 0.944 bits per heavy atom. The van der Waals surface area contributed by atoms with Crippen LogP contribution in [0, 0.1) is 13.8 Å². The zero-order valence-electron chi connectivity index (χ0n) is 11.7. The number of ether oxygens (including phenoxy) is 2. The van der Waals surface area contributed by atoms with Crippen LogP contribution >= 0.6 is 0 Å². The summed E-state index contributed by atoms with van der Waals surface area (Å²) in [4.78, 5) is 0. The van der Waals surface area contributed by atoms with E-state index in [4.69, 9.17) is 9.47 Å². The summed E-state index contributed by atoms with van der Waals surface area (Å²) in [5.74, 6) is 1.81. The van der Waals surface area contributed by atoms with Gasteiger partial charge in [0.05, 0.1) is 13.2 Å². The molecule has 0 aliphatic rings. The lowest BCUT2D eigenvalue weighted by Gasteiger charge is -2.10. The molecule has 0 saturated carbocycles. The zero-order valence-corrected chi connectivity index (χ0v) is 11.7. The first kappa shape index (κ1) is 14.9. The standard InChI is InChI=1S/C16H25O2/c1-4-6-8-10-18-16-12-14(3)11-15(13-16)17-9-7-5-2/h11-13H,2,4-10H2,1,3H3. The van der Waals surface area contributed by atoms with Gasteiger partial charge in [-0.2, -0.15) is 0 Å². The van der Waals surface area contributed by atoms with Crippen molar-refractivity contribution < 1.29 is 9.47 Å². The minimum Gasteiger partial charge on any atom is -0.493 e. The summed E-state index contributed by atoms with van der Waals surface area (Å²) in [5.41, 5.74) is 1.17. The highest BCUT2D eigenvalue weighted by molar-refractivity contribution is 5.37. The fraction of sp³-hybridized carbons (Fsp3) is 0.562. The maximum absolute atomic E-state index is 5.74. The van der Waals surface area contributed by atoms with Gasteiger partial charge < -0.3 is 9.47 Å². The molecule has 0 aliphatic carbocycles. The van der Waals surface area contributed by atoms with Crippen molar-refractivity contribution in [3.63, 3.8) is 0 Å². The van der Waals surface area contributed by atoms with Gasteiger partial charge in [-0.3, -0.25) is 0 Å². The van der Waals surface area contributed by atoms with E-state index in [0.29, 0.717) is 0 Å². The van der Waals surface area contributed by atoms with E-state index in [2.05, 4.69) is 26.8 Å². The molecule has 0 saturated heterocycles. The molecule has 0 unspecified atom stereocenters. The summed E-state index contributed by atoms with van der Waals surface area (Å²) in [6, 6.07) is 6.07. The number of hydrogen-bond donors (Lipinski definition) is 0. The Kier molecular flexibility index (Phi) is 7.31. The van der Waals surface area contributed by atoms with Crippen LogP contribution in [-0.2, 0) is 0 Å². The van der Waals surface area contributed by atoms with Gasteiger partial charge in [0.25, 0.3) is 0 Å². The molecular weight excluding hydrogens is 224 g/mol. The van der Waals surface area contributed by atoms with Crippen molar-refractivity contribution in [3.05, 3.63) is 30.7 Å². The Hall–Kier alpha value is -1.18. The van der Waals surface area contributed by atoms with Gasteiger partial charge in [-0.15, -0.1) is 0 Å². The summed E-state index contributed by atoms with van der Waals surface area (Å²) in [5, 5.41) is 0. The molecule has 2 nitrogen and oxygen atoms in total. The highest BCUT2D eigenvalue weighted by Crippen LogP contribution is 2.23. The van der Waals surface area contributed by atoms with Crippen molar-refractivity contribution in [2.75, 3.05) is 13.2 Å². The minimum atomic E-state index is 0.724. The summed E-state index contributed by atoms with van der Waals surface area (Å²) in [6.45, 7) is 9.58. The van der Waals surface area contributed by atoms with Crippen LogP contribution in [0.25, 0.3) is 0 Å². The third kappa shape index (κ3) is 5.95. The average Bonchev–Trinajstić information content (AvgIpc) is 2.34. The van der Waals surface area contributed by atoms with Gasteiger partial charge in [0, 0.05) is 6.07 Å². The molecular formula is C16H25O2. The summed E-state index contributed by atoms with van der Waals surface area (Å²) < 4.78 is 11.4. The second-order valence-electron chi connectivity index (χ2n) is 4.59. The Morgan fingerprint density at radius 2 is 1.56 bits per heavy atom. The quantitative estimate of drug-likeness (QED) is 0.597. The number of aryl methyl sites for hydroxylation is 1. The Morgan fingerprint density at radius 3 is 2.11 bits per heavy atom. The Bertz CT molecular complexity index is 334. The van der Waals surface area contributed by atoms with E-state index in [1.807, 2.05) is 12.1 Å². The molecule has 0 bridgehead atoms. The molecule has 0 fully saturated rings. The van der Waals surface area contributed by atoms with Crippen LogP contribution in [0.1, 0.15) is 44.6 Å². The van der Waals surface area contributed by atoms with Crippen molar-refractivity contribution in [2.24, 2.45) is 0 Å². The Labute approximate surface area is 111 Å². The van der Waals surface area contributed by atoms with Crippen molar-refractivity contribution in [3.8, 4) is 11.5 Å². The molecule has 18 heavy (non-hydrogen) atoms. The molecule has 1 aromatic carbocycles. The van der Waals surface area contributed by atoms with E-state index in [1.54, 1.807) is 0 Å². The molecule has 101 valence electrons. The van der Waals surface area contributed by atoms with E-state index < -0.39 is 0 Å². The van der Waals surface area contributed by atoms with Crippen molar-refractivity contribution in [1.82, 2.24) is 0 Å². The lowest BCUT2D eigenvalue weighted by molar-refractivity contribution is 0.293. The van der Waals surface area contributed by atoms with Crippen molar-refractivity contribution >= 4 is 0 Å². The van der Waals surface area contributed by atoms with E-state index in [9.17, 15) is 0 Å². The van der Waals surface area contributed by atoms with Crippen LogP contribution in [0.3, 0.4) is 0 Å². The van der Waals surface area contributed by atoms with Gasteiger partial charge in [0.1, 0.15) is 11.5 Å². The van der Waals surface area contributed by atoms with Crippen molar-refractivity contribution in [2.45, 2.75) is 46.0 Å². The molecule has 0 heterocycles. The normalized spacial score (nSPS) is 10.4. The van der Waals surface area contributed by atoms with Crippen LogP contribution in [-0.4, -0.2) is 13.2 Å². The second-order valence-corrected chi connectivity index (χ2v) is 4.59. The first-order valence-electron chi connectivity index (χ1n) is 6.92. The third-order valence-electron chi connectivity index (χ3n) is 2.70. The van der Waals surface area contributed by atoms with Crippen LogP contribution in [0.5, 0.6) is 11.5 Å². The van der Waals surface area contributed by atoms with E-state index in [1.165, 1.54) is 18.4 Å². The maximum Gasteiger partial charge on any atom is 0.123 e. The number of rotatable bonds is 9. The third-order valence-corrected chi connectivity index (χ3v) is 2.70. The van der Waals surface area contributed by atoms with Crippen LogP contribution < -0.4 is 9.47 Å². The van der Waals surface area contributed by atoms with Crippen LogP contribution in [0.2, 0.25) is 0 Å². The largest absolute Gasteiger partial charge is 0.493 e. The topological polar surface area (TPSA) is 18.5 Å². The highest BCUT2D eigenvalue weighted by atomic mass is 16.5. The minimum absolute atomic E-state index is 0.724. The predicted molar refractivity (Wildman–Crippen MR) is 76.3 cm³/mol. The maximum atomic E-state index is 5.74. The van der Waals surface area contributed by atoms with E-state index in [0.717, 1.165) is 44.0 Å². The van der Waals surface area contributed by atoms with Crippen molar-refractivity contribution in [1.29, 1.82) is 0 Å². The molecule has 0 spiro atoms. The average molecular weight is 249 g/mol. The fourth-order valence-corrected chi connectivity index (χ4v) is 1.71. The van der Waals surface area contributed by atoms with Crippen LogP contribution in [0.4, 0.5) is 0 Å². The predicted octanol–water partition coefficient (Wildman–Crippen LogP) is 4.56. The molecule has 2 heteroatoms. The summed E-state index contributed by atoms with van der Waals surface area (Å²) in [7, 11) is 0. The lowest BCUT2D eigenvalue weighted by Crippen LogP contribution is -2.00. The molecule has 1 radical (unpaired) electrons. The molecule has 1 aromatic rings. The molecule has 0 atom stereocenters. The highest BCUT2D eigenvalue weighted by Gasteiger charge is 2.01. The Balaban J connectivity index is 2.46. The van der Waals surface area contributed by atoms with Crippen LogP contribution in [0.15, 0.2) is 18.2 Å².